The van der Waals surface area contributed by atoms with Crippen LogP contribution in [-0.2, 0) is 9.47 Å². The second kappa shape index (κ2) is 7.42. The van der Waals surface area contributed by atoms with Gasteiger partial charge in [-0.2, -0.15) is 0 Å². The average molecular weight is 490 g/mol. The largest absolute Gasteiger partial charge is 0.376 e. The summed E-state index contributed by atoms with van der Waals surface area (Å²) in [4.78, 5) is 13.8. The highest BCUT2D eigenvalue weighted by atomic mass is 16.5. The zero-order valence-electron chi connectivity index (χ0n) is 22.1. The van der Waals surface area contributed by atoms with Crippen LogP contribution in [0.4, 0.5) is 0 Å². The molecular weight excluding hydrogens is 455 g/mol. The first-order chi connectivity index (χ1) is 18.0. The minimum Gasteiger partial charge on any atom is -0.376 e. The van der Waals surface area contributed by atoms with E-state index in [0.29, 0.717) is 18.3 Å². The van der Waals surface area contributed by atoms with Crippen LogP contribution in [0.2, 0.25) is 0 Å². The van der Waals surface area contributed by atoms with E-state index in [-0.39, 0.29) is 35.4 Å². The lowest BCUT2D eigenvalue weighted by Gasteiger charge is -2.52. The first-order valence-electron chi connectivity index (χ1n) is 14.2. The van der Waals surface area contributed by atoms with Gasteiger partial charge in [0.2, 0.25) is 0 Å². The normalized spacial score (nSPS) is 33.6. The smallest absolute Gasteiger partial charge is 0.166 e. The quantitative estimate of drug-likeness (QED) is 0.376. The maximum atomic E-state index is 13.8. The zero-order valence-corrected chi connectivity index (χ0v) is 22.1. The van der Waals surface area contributed by atoms with Gasteiger partial charge in [0.1, 0.15) is 0 Å². The van der Waals surface area contributed by atoms with Crippen molar-refractivity contribution in [2.75, 3.05) is 7.11 Å². The third kappa shape index (κ3) is 2.49. The van der Waals surface area contributed by atoms with Crippen LogP contribution in [0.15, 0.2) is 48.5 Å². The number of ketones is 1. The second-order valence-electron chi connectivity index (χ2n) is 12.1. The van der Waals surface area contributed by atoms with Gasteiger partial charge in [-0.1, -0.05) is 75.2 Å². The molecule has 0 aromatic heterocycles. The summed E-state index contributed by atoms with van der Waals surface area (Å²) in [6.45, 7) is 7.12. The van der Waals surface area contributed by atoms with E-state index in [9.17, 15) is 4.79 Å². The Hall–Kier alpha value is -2.75. The predicted octanol–water partition coefficient (Wildman–Crippen LogP) is 7.80. The van der Waals surface area contributed by atoms with Crippen molar-refractivity contribution in [2.45, 2.75) is 76.1 Å². The van der Waals surface area contributed by atoms with E-state index in [2.05, 4.69) is 69.3 Å². The summed E-state index contributed by atoms with van der Waals surface area (Å²) in [5.41, 5.74) is 12.3. The molecule has 188 valence electrons. The van der Waals surface area contributed by atoms with Gasteiger partial charge in [-0.05, 0) is 69.7 Å². The minimum atomic E-state index is -0.299. The van der Waals surface area contributed by atoms with Crippen molar-refractivity contribution in [1.29, 1.82) is 0 Å². The predicted molar refractivity (Wildman–Crippen MR) is 145 cm³/mol. The molecule has 2 bridgehead atoms. The molecule has 3 nitrogen and oxygen atoms in total. The molecular formula is C34H34O3. The highest BCUT2D eigenvalue weighted by Crippen LogP contribution is 2.68. The summed E-state index contributed by atoms with van der Waals surface area (Å²) >= 11 is 0. The van der Waals surface area contributed by atoms with Crippen molar-refractivity contribution in [1.82, 2.24) is 0 Å². The van der Waals surface area contributed by atoms with E-state index in [1.807, 2.05) is 0 Å². The van der Waals surface area contributed by atoms with Crippen LogP contribution in [-0.4, -0.2) is 24.6 Å². The van der Waals surface area contributed by atoms with Crippen LogP contribution in [0.1, 0.15) is 103 Å². The van der Waals surface area contributed by atoms with Gasteiger partial charge >= 0.3 is 0 Å². The standard InChI is InChI=1S/C34H34O3/c1-5-17-15-25-26-18-11-7-8-12-19(18)27-29-23(35)16-24(36-4)30(29)28-20-13-9-10-14-21(20)33(32(28)31(26)27)34(3,37-25)22(17)6-2/h7-14,17,22,24-26,33H,5-6,15-16H2,1-4H3/t17-,22-,24+,25-,26?,33?,34+/m0/s1/i4-1. The van der Waals surface area contributed by atoms with Gasteiger partial charge in [0.05, 0.1) is 17.8 Å². The van der Waals surface area contributed by atoms with Crippen molar-refractivity contribution in [3.8, 4) is 22.3 Å². The Morgan fingerprint density at radius 1 is 0.892 bits per heavy atom. The molecule has 3 heteroatoms. The lowest BCUT2D eigenvalue weighted by atomic mass is 9.64. The van der Waals surface area contributed by atoms with Gasteiger partial charge in [0, 0.05) is 36.5 Å². The fourth-order valence-corrected chi connectivity index (χ4v) is 9.52. The lowest BCUT2D eigenvalue weighted by Crippen LogP contribution is -2.53. The first kappa shape index (κ1) is 22.3. The average Bonchev–Trinajstić information content (AvgIpc) is 3.53. The molecule has 2 aliphatic heterocycles. The summed E-state index contributed by atoms with van der Waals surface area (Å²) in [5, 5.41) is 0. The van der Waals surface area contributed by atoms with Crippen molar-refractivity contribution in [3.63, 3.8) is 0 Å². The number of hydrogen-bond donors (Lipinski definition) is 0. The minimum absolute atomic E-state index is 0.120. The number of methoxy groups -OCH3 is 1. The molecule has 3 aromatic carbocycles. The number of fused-ring (bicyclic) bond motifs is 13. The zero-order chi connectivity index (χ0) is 25.2. The topological polar surface area (TPSA) is 35.5 Å². The number of benzene rings is 3. The second-order valence-corrected chi connectivity index (χ2v) is 12.1. The molecule has 0 radical (unpaired) electrons. The van der Waals surface area contributed by atoms with E-state index >= 15 is 0 Å². The van der Waals surface area contributed by atoms with Crippen molar-refractivity contribution >= 4 is 5.78 Å². The van der Waals surface area contributed by atoms with Crippen LogP contribution >= 0.6 is 0 Å². The molecule has 8 rings (SSSR count). The molecule has 37 heavy (non-hydrogen) atoms. The summed E-state index contributed by atoms with van der Waals surface area (Å²) in [6.07, 6.45) is 3.73. The summed E-state index contributed by atoms with van der Waals surface area (Å²) in [5.74, 6) is 1.66. The summed E-state index contributed by atoms with van der Waals surface area (Å²) in [7, 11) is 1.76. The molecule has 1 saturated heterocycles. The number of ether oxygens (including phenoxy) is 2. The third-order valence-electron chi connectivity index (χ3n) is 10.7. The number of carbonyl (C=O) groups is 1. The highest BCUT2D eigenvalue weighted by molar-refractivity contribution is 6.12. The van der Waals surface area contributed by atoms with Gasteiger partial charge in [-0.25, -0.2) is 0 Å². The molecule has 5 aliphatic rings. The fourth-order valence-electron chi connectivity index (χ4n) is 9.52. The lowest BCUT2D eigenvalue weighted by molar-refractivity contribution is -0.182. The Balaban J connectivity index is 1.57. The molecule has 0 spiro atoms. The van der Waals surface area contributed by atoms with Gasteiger partial charge in [0.25, 0.3) is 0 Å². The molecule has 1 fully saturated rings. The number of rotatable bonds is 3. The Morgan fingerprint density at radius 2 is 1.59 bits per heavy atom. The van der Waals surface area contributed by atoms with Gasteiger partial charge in [0.15, 0.2) is 5.78 Å². The third-order valence-corrected chi connectivity index (χ3v) is 10.7. The van der Waals surface area contributed by atoms with Gasteiger partial charge in [-0.3, -0.25) is 4.79 Å². The summed E-state index contributed by atoms with van der Waals surface area (Å²) < 4.78 is 13.5. The fraction of sp³-hybridized carbons (Fsp3) is 0.441. The van der Waals surface area contributed by atoms with Crippen molar-refractivity contribution < 1.29 is 14.3 Å². The number of Topliss-reactive ketones (excluding diaryl/α,β-unsaturated/α-hetero) is 1. The monoisotopic (exact) mass is 489 g/mol. The van der Waals surface area contributed by atoms with E-state index in [1.54, 1.807) is 7.11 Å². The Morgan fingerprint density at radius 3 is 2.30 bits per heavy atom. The van der Waals surface area contributed by atoms with Crippen LogP contribution in [0.3, 0.4) is 0 Å². The van der Waals surface area contributed by atoms with E-state index in [0.717, 1.165) is 24.0 Å². The van der Waals surface area contributed by atoms with Crippen LogP contribution in [0.25, 0.3) is 22.3 Å². The molecule has 3 aliphatic carbocycles. The Labute approximate surface area is 219 Å². The molecule has 2 heterocycles. The maximum Gasteiger partial charge on any atom is 0.166 e. The van der Waals surface area contributed by atoms with Crippen LogP contribution in [0, 0.1) is 11.8 Å². The highest BCUT2D eigenvalue weighted by Gasteiger charge is 2.60. The van der Waals surface area contributed by atoms with Gasteiger partial charge < -0.3 is 9.47 Å². The maximum absolute atomic E-state index is 13.8. The Bertz CT molecular complexity index is 1500. The van der Waals surface area contributed by atoms with E-state index in [4.69, 9.17) is 9.47 Å². The molecule has 2 unspecified atom stereocenters. The molecule has 0 N–H and O–H groups in total. The summed E-state index contributed by atoms with van der Waals surface area (Å²) in [6, 6.07) is 17.8. The first-order valence-corrected chi connectivity index (χ1v) is 14.2. The van der Waals surface area contributed by atoms with Crippen LogP contribution < -0.4 is 0 Å². The van der Waals surface area contributed by atoms with Crippen LogP contribution in [0.5, 0.6) is 0 Å². The van der Waals surface area contributed by atoms with Crippen molar-refractivity contribution in [2.24, 2.45) is 11.8 Å². The molecule has 3 aromatic rings. The van der Waals surface area contributed by atoms with Gasteiger partial charge in [-0.15, -0.1) is 0 Å². The SMILES string of the molecule is CC[C@H]1C[C@@H]2O[C@@](C)(C3c4ccccc4-c4c3c3c(c5c4[C@H](O[11CH3])CC5=O)-c4ccccc4C32)[C@H]1CC. The van der Waals surface area contributed by atoms with Crippen molar-refractivity contribution in [3.05, 3.63) is 81.9 Å². The number of carbonyl (C=O) groups excluding carboxylic acids is 1. The Kier molecular flexibility index (Phi) is 4.47. The molecule has 7 atom stereocenters. The molecule has 0 saturated carbocycles. The number of hydrogen-bond acceptors (Lipinski definition) is 3. The van der Waals surface area contributed by atoms with E-state index in [1.165, 1.54) is 50.9 Å². The molecule has 0 amide bonds. The van der Waals surface area contributed by atoms with E-state index < -0.39 is 0 Å².